The van der Waals surface area contributed by atoms with Crippen molar-refractivity contribution in [2.45, 2.75) is 91.9 Å². The minimum atomic E-state index is 0.0401. The largest absolute Gasteiger partial charge is 0.299 e. The number of rotatable bonds is 4. The van der Waals surface area contributed by atoms with E-state index in [0.717, 1.165) is 25.7 Å². The molecule has 0 bridgehead atoms. The molecule has 166 valence electrons. The summed E-state index contributed by atoms with van der Waals surface area (Å²) < 4.78 is 0. The highest BCUT2D eigenvalue weighted by Crippen LogP contribution is 2.46. The smallest absolute Gasteiger partial charge is 0.138 e. The van der Waals surface area contributed by atoms with Crippen LogP contribution >= 0.6 is 0 Å². The Kier molecular flexibility index (Phi) is 6.38. The van der Waals surface area contributed by atoms with E-state index in [0.29, 0.717) is 23.4 Å². The summed E-state index contributed by atoms with van der Waals surface area (Å²) in [5.74, 6) is 2.58. The number of carbonyl (C=O) groups excluding carboxylic acids is 2. The second-order valence-corrected chi connectivity index (χ2v) is 11.8. The van der Waals surface area contributed by atoms with Crippen molar-refractivity contribution in [3.05, 3.63) is 35.4 Å². The average molecular weight is 411 g/mol. The SMILES string of the molecule is CC1CC(C(C)(C)c2cccc(C(C)(C)C3CC(C)C(=O)C(C)C3)c2)CC(C)C1=O. The van der Waals surface area contributed by atoms with Gasteiger partial charge in [-0.15, -0.1) is 0 Å². The lowest BCUT2D eigenvalue weighted by Crippen LogP contribution is -2.40. The Balaban J connectivity index is 1.88. The number of hydrogen-bond donors (Lipinski definition) is 0. The summed E-state index contributed by atoms with van der Waals surface area (Å²) in [5.41, 5.74) is 2.86. The molecule has 0 saturated heterocycles. The number of ketones is 2. The van der Waals surface area contributed by atoms with Crippen LogP contribution in [0, 0.1) is 35.5 Å². The molecule has 1 aromatic carbocycles. The zero-order chi connectivity index (χ0) is 22.4. The van der Waals surface area contributed by atoms with Gasteiger partial charge in [0.05, 0.1) is 0 Å². The van der Waals surface area contributed by atoms with Gasteiger partial charge in [-0.05, 0) is 59.5 Å². The lowest BCUT2D eigenvalue weighted by molar-refractivity contribution is -0.130. The molecule has 0 N–H and O–H groups in total. The molecule has 0 amide bonds. The molecule has 4 atom stereocenters. The predicted octanol–water partition coefficient (Wildman–Crippen LogP) is 6.74. The summed E-state index contributed by atoms with van der Waals surface area (Å²) in [7, 11) is 0. The third kappa shape index (κ3) is 4.16. The molecule has 30 heavy (non-hydrogen) atoms. The lowest BCUT2D eigenvalue weighted by atomic mass is 9.60. The second-order valence-electron chi connectivity index (χ2n) is 11.8. The van der Waals surface area contributed by atoms with E-state index < -0.39 is 0 Å². The van der Waals surface area contributed by atoms with Crippen molar-refractivity contribution in [1.82, 2.24) is 0 Å². The fraction of sp³-hybridized carbons (Fsp3) is 0.714. The molecule has 0 spiro atoms. The summed E-state index contributed by atoms with van der Waals surface area (Å²) in [6, 6.07) is 9.20. The average Bonchev–Trinajstić information content (AvgIpc) is 2.69. The van der Waals surface area contributed by atoms with Crippen molar-refractivity contribution in [2.75, 3.05) is 0 Å². The fourth-order valence-corrected chi connectivity index (χ4v) is 6.31. The monoisotopic (exact) mass is 410 g/mol. The van der Waals surface area contributed by atoms with E-state index in [1.54, 1.807) is 0 Å². The normalized spacial score (nSPS) is 33.6. The van der Waals surface area contributed by atoms with Crippen LogP contribution in [0.5, 0.6) is 0 Å². The molecular formula is C28H42O2. The standard InChI is InChI=1S/C28H42O2/c1-17-12-23(13-18(2)25(17)29)27(5,6)21-10-9-11-22(16-21)28(7,8)24-14-19(3)26(30)20(4)15-24/h9-11,16-20,23-24H,12-15H2,1-8H3. The highest BCUT2D eigenvalue weighted by molar-refractivity contribution is 5.84. The second kappa shape index (κ2) is 8.24. The molecule has 0 aromatic heterocycles. The van der Waals surface area contributed by atoms with Crippen LogP contribution in [-0.4, -0.2) is 11.6 Å². The van der Waals surface area contributed by atoms with Crippen LogP contribution in [0.4, 0.5) is 0 Å². The maximum Gasteiger partial charge on any atom is 0.138 e. The van der Waals surface area contributed by atoms with Gasteiger partial charge in [0.15, 0.2) is 0 Å². The van der Waals surface area contributed by atoms with Crippen molar-refractivity contribution in [2.24, 2.45) is 35.5 Å². The van der Waals surface area contributed by atoms with Gasteiger partial charge >= 0.3 is 0 Å². The van der Waals surface area contributed by atoms with Crippen LogP contribution in [0.15, 0.2) is 24.3 Å². The first-order chi connectivity index (χ1) is 13.9. The predicted molar refractivity (Wildman–Crippen MR) is 125 cm³/mol. The molecule has 2 saturated carbocycles. The summed E-state index contributed by atoms with van der Waals surface area (Å²) in [6.07, 6.45) is 3.96. The van der Waals surface area contributed by atoms with E-state index in [1.165, 1.54) is 11.1 Å². The maximum absolute atomic E-state index is 12.3. The van der Waals surface area contributed by atoms with Crippen LogP contribution in [0.1, 0.15) is 92.2 Å². The Morgan fingerprint density at radius 3 is 1.23 bits per heavy atom. The molecule has 3 rings (SSSR count). The van der Waals surface area contributed by atoms with Crippen molar-refractivity contribution < 1.29 is 9.59 Å². The van der Waals surface area contributed by atoms with Gasteiger partial charge in [0, 0.05) is 23.7 Å². The molecule has 2 aliphatic rings. The van der Waals surface area contributed by atoms with Crippen molar-refractivity contribution in [1.29, 1.82) is 0 Å². The van der Waals surface area contributed by atoms with E-state index in [-0.39, 0.29) is 34.5 Å². The van der Waals surface area contributed by atoms with Crippen LogP contribution < -0.4 is 0 Å². The van der Waals surface area contributed by atoms with Crippen LogP contribution in [0.3, 0.4) is 0 Å². The van der Waals surface area contributed by atoms with E-state index in [4.69, 9.17) is 0 Å². The molecular weight excluding hydrogens is 368 g/mol. The molecule has 2 fully saturated rings. The van der Waals surface area contributed by atoms with Gasteiger partial charge in [-0.25, -0.2) is 0 Å². The van der Waals surface area contributed by atoms with E-state index in [2.05, 4.69) is 79.7 Å². The van der Waals surface area contributed by atoms with Gasteiger partial charge in [0.25, 0.3) is 0 Å². The first-order valence-corrected chi connectivity index (χ1v) is 12.0. The summed E-state index contributed by atoms with van der Waals surface area (Å²) in [5, 5.41) is 0. The fourth-order valence-electron chi connectivity index (χ4n) is 6.31. The Morgan fingerprint density at radius 1 is 0.633 bits per heavy atom. The lowest BCUT2D eigenvalue weighted by Gasteiger charge is -2.43. The third-order valence-corrected chi connectivity index (χ3v) is 8.89. The minimum Gasteiger partial charge on any atom is -0.299 e. The van der Waals surface area contributed by atoms with Gasteiger partial charge in [-0.1, -0.05) is 79.7 Å². The Labute approximate surface area is 184 Å². The van der Waals surface area contributed by atoms with Crippen LogP contribution in [0.2, 0.25) is 0 Å². The van der Waals surface area contributed by atoms with E-state index >= 15 is 0 Å². The van der Waals surface area contributed by atoms with Crippen LogP contribution in [-0.2, 0) is 20.4 Å². The molecule has 0 heterocycles. The first-order valence-electron chi connectivity index (χ1n) is 12.0. The summed E-state index contributed by atoms with van der Waals surface area (Å²) in [4.78, 5) is 24.7. The molecule has 2 nitrogen and oxygen atoms in total. The molecule has 0 radical (unpaired) electrons. The first kappa shape index (κ1) is 23.2. The number of carbonyl (C=O) groups is 2. The molecule has 4 unspecified atom stereocenters. The zero-order valence-corrected chi connectivity index (χ0v) is 20.4. The topological polar surface area (TPSA) is 34.1 Å². The van der Waals surface area contributed by atoms with Gasteiger partial charge in [-0.3, -0.25) is 9.59 Å². The van der Waals surface area contributed by atoms with Crippen LogP contribution in [0.25, 0.3) is 0 Å². The van der Waals surface area contributed by atoms with Crippen molar-refractivity contribution >= 4 is 11.6 Å². The zero-order valence-electron chi connectivity index (χ0n) is 20.4. The molecule has 1 aromatic rings. The number of Topliss-reactive ketones (excluding diaryl/α,β-unsaturated/α-hetero) is 2. The Hall–Kier alpha value is -1.44. The maximum atomic E-state index is 12.3. The summed E-state index contributed by atoms with van der Waals surface area (Å²) in [6.45, 7) is 17.9. The highest BCUT2D eigenvalue weighted by atomic mass is 16.1. The minimum absolute atomic E-state index is 0.0401. The Bertz CT molecular complexity index is 711. The highest BCUT2D eigenvalue weighted by Gasteiger charge is 2.42. The number of hydrogen-bond acceptors (Lipinski definition) is 2. The molecule has 2 aliphatic carbocycles. The summed E-state index contributed by atoms with van der Waals surface area (Å²) >= 11 is 0. The van der Waals surface area contributed by atoms with Gasteiger partial charge in [0.2, 0.25) is 0 Å². The third-order valence-electron chi connectivity index (χ3n) is 8.89. The van der Waals surface area contributed by atoms with E-state index in [9.17, 15) is 9.59 Å². The molecule has 2 heteroatoms. The Morgan fingerprint density at radius 2 is 0.933 bits per heavy atom. The van der Waals surface area contributed by atoms with Gasteiger partial charge in [0.1, 0.15) is 11.6 Å². The van der Waals surface area contributed by atoms with E-state index in [1.807, 2.05) is 0 Å². The van der Waals surface area contributed by atoms with Gasteiger partial charge < -0.3 is 0 Å². The van der Waals surface area contributed by atoms with Crippen molar-refractivity contribution in [3.63, 3.8) is 0 Å². The van der Waals surface area contributed by atoms with Gasteiger partial charge in [-0.2, -0.15) is 0 Å². The molecule has 0 aliphatic heterocycles. The number of benzene rings is 1. The van der Waals surface area contributed by atoms with Crippen molar-refractivity contribution in [3.8, 4) is 0 Å². The quantitative estimate of drug-likeness (QED) is 0.550.